The highest BCUT2D eigenvalue weighted by molar-refractivity contribution is 6.35. The molecular formula is C22H17Cl2N3O3. The largest absolute Gasteiger partial charge is 0.322 e. The summed E-state index contributed by atoms with van der Waals surface area (Å²) < 4.78 is 0. The summed E-state index contributed by atoms with van der Waals surface area (Å²) in [6.07, 6.45) is 4.24. The number of aryl methyl sites for hydroxylation is 1. The van der Waals surface area contributed by atoms with Crippen molar-refractivity contribution < 1.29 is 14.8 Å². The van der Waals surface area contributed by atoms with Crippen LogP contribution in [-0.2, 0) is 4.79 Å². The van der Waals surface area contributed by atoms with Crippen molar-refractivity contribution in [3.63, 3.8) is 0 Å². The van der Waals surface area contributed by atoms with Crippen LogP contribution in [0.3, 0.4) is 0 Å². The molecule has 0 spiro atoms. The average molecular weight is 442 g/mol. The molecule has 0 radical (unpaired) electrons. The normalized spacial score (nSPS) is 10.8. The van der Waals surface area contributed by atoms with E-state index < -0.39 is 5.91 Å². The fourth-order valence-corrected chi connectivity index (χ4v) is 3.21. The van der Waals surface area contributed by atoms with Crippen molar-refractivity contribution in [3.05, 3.63) is 87.5 Å². The highest BCUT2D eigenvalue weighted by Crippen LogP contribution is 2.30. The lowest BCUT2D eigenvalue weighted by molar-refractivity contribution is -0.124. The molecule has 2 aromatic carbocycles. The van der Waals surface area contributed by atoms with Gasteiger partial charge >= 0.3 is 0 Å². The second kappa shape index (κ2) is 9.54. The summed E-state index contributed by atoms with van der Waals surface area (Å²) in [7, 11) is 0. The summed E-state index contributed by atoms with van der Waals surface area (Å²) in [5.74, 6) is -0.969. The molecule has 0 bridgehead atoms. The first-order chi connectivity index (χ1) is 14.4. The van der Waals surface area contributed by atoms with Gasteiger partial charge in [0.1, 0.15) is 0 Å². The maximum atomic E-state index is 12.6. The molecule has 0 aliphatic rings. The number of amides is 2. The van der Waals surface area contributed by atoms with Crippen LogP contribution in [-0.4, -0.2) is 22.0 Å². The number of nitrogens with zero attached hydrogens (tertiary/aromatic N) is 1. The Kier molecular flexibility index (Phi) is 6.84. The van der Waals surface area contributed by atoms with Crippen LogP contribution >= 0.6 is 23.2 Å². The maximum Gasteiger partial charge on any atom is 0.267 e. The molecule has 1 heterocycles. The summed E-state index contributed by atoms with van der Waals surface area (Å²) in [5.41, 5.74) is 5.28. The number of carbonyl (C=O) groups is 2. The number of benzene rings is 2. The summed E-state index contributed by atoms with van der Waals surface area (Å²) in [6.45, 7) is 1.90. The minimum atomic E-state index is -0.640. The van der Waals surface area contributed by atoms with E-state index in [2.05, 4.69) is 10.3 Å². The van der Waals surface area contributed by atoms with E-state index >= 15 is 0 Å². The lowest BCUT2D eigenvalue weighted by Crippen LogP contribution is -2.14. The molecule has 3 N–H and O–H groups in total. The molecule has 6 nitrogen and oxygen atoms in total. The van der Waals surface area contributed by atoms with Gasteiger partial charge in [0.05, 0.1) is 21.3 Å². The second-order valence-electron chi connectivity index (χ2n) is 6.42. The third-order valence-electron chi connectivity index (χ3n) is 4.19. The lowest BCUT2D eigenvalue weighted by Gasteiger charge is -2.10. The molecule has 0 fully saturated rings. The molecule has 2 amide bonds. The Bertz CT molecular complexity index is 1130. The number of nitrogens with one attached hydrogen (secondary N) is 2. The van der Waals surface area contributed by atoms with Crippen LogP contribution in [0.1, 0.15) is 21.5 Å². The van der Waals surface area contributed by atoms with E-state index in [0.29, 0.717) is 38.1 Å². The van der Waals surface area contributed by atoms with Crippen molar-refractivity contribution in [1.29, 1.82) is 0 Å². The smallest absolute Gasteiger partial charge is 0.267 e. The lowest BCUT2D eigenvalue weighted by atomic mass is 10.1. The van der Waals surface area contributed by atoms with Gasteiger partial charge in [-0.3, -0.25) is 19.8 Å². The molecule has 0 atom stereocenters. The molecular weight excluding hydrogens is 425 g/mol. The number of hydrogen-bond acceptors (Lipinski definition) is 4. The third-order valence-corrected chi connectivity index (χ3v) is 4.84. The summed E-state index contributed by atoms with van der Waals surface area (Å²) in [5, 5.41) is 12.2. The van der Waals surface area contributed by atoms with Crippen LogP contribution in [0.2, 0.25) is 10.0 Å². The van der Waals surface area contributed by atoms with Gasteiger partial charge in [-0.05, 0) is 60.5 Å². The number of rotatable bonds is 5. The van der Waals surface area contributed by atoms with E-state index in [1.165, 1.54) is 17.6 Å². The van der Waals surface area contributed by atoms with Gasteiger partial charge in [-0.2, -0.15) is 0 Å². The average Bonchev–Trinajstić information content (AvgIpc) is 2.73. The van der Waals surface area contributed by atoms with Crippen LogP contribution in [0.25, 0.3) is 17.3 Å². The van der Waals surface area contributed by atoms with Gasteiger partial charge in [0, 0.05) is 23.5 Å². The predicted octanol–water partition coefficient (Wildman–Crippen LogP) is 5.13. The van der Waals surface area contributed by atoms with E-state index in [-0.39, 0.29) is 5.91 Å². The number of hydrogen-bond donors (Lipinski definition) is 3. The molecule has 30 heavy (non-hydrogen) atoms. The number of halogens is 2. The van der Waals surface area contributed by atoms with Gasteiger partial charge < -0.3 is 5.32 Å². The first-order valence-electron chi connectivity index (χ1n) is 8.83. The Morgan fingerprint density at radius 2 is 1.83 bits per heavy atom. The summed E-state index contributed by atoms with van der Waals surface area (Å²) >= 11 is 12.5. The summed E-state index contributed by atoms with van der Waals surface area (Å²) in [6, 6.07) is 13.8. The third kappa shape index (κ3) is 5.24. The predicted molar refractivity (Wildman–Crippen MR) is 118 cm³/mol. The number of aromatic nitrogens is 1. The Morgan fingerprint density at radius 3 is 2.50 bits per heavy atom. The summed E-state index contributed by atoms with van der Waals surface area (Å²) in [4.78, 5) is 28.0. The Labute approximate surface area is 183 Å². The van der Waals surface area contributed by atoms with Gasteiger partial charge in [-0.25, -0.2) is 5.48 Å². The van der Waals surface area contributed by atoms with Crippen molar-refractivity contribution >= 4 is 46.8 Å². The monoisotopic (exact) mass is 441 g/mol. The Morgan fingerprint density at radius 1 is 1.03 bits per heavy atom. The van der Waals surface area contributed by atoms with E-state index in [1.54, 1.807) is 48.7 Å². The zero-order valence-electron chi connectivity index (χ0n) is 15.8. The van der Waals surface area contributed by atoms with Crippen molar-refractivity contribution in [2.45, 2.75) is 6.92 Å². The second-order valence-corrected chi connectivity index (χ2v) is 7.23. The molecule has 8 heteroatoms. The minimum Gasteiger partial charge on any atom is -0.322 e. The van der Waals surface area contributed by atoms with Gasteiger partial charge in [-0.15, -0.1) is 0 Å². The standard InChI is InChI=1S/C22H17Cl2N3O3/c1-13-2-6-16(19(24)10-13)22(29)26-15-5-7-18(23)17(11-15)20-8-3-14(12-25-20)4-9-21(28)27-30/h2-12,30H,1H3,(H,26,29)(H,27,28)/b9-4+. The van der Waals surface area contributed by atoms with E-state index in [4.69, 9.17) is 28.4 Å². The highest BCUT2D eigenvalue weighted by atomic mass is 35.5. The van der Waals surface area contributed by atoms with Crippen LogP contribution in [0.4, 0.5) is 5.69 Å². The van der Waals surface area contributed by atoms with Gasteiger partial charge in [0.25, 0.3) is 11.8 Å². The minimum absolute atomic E-state index is 0.330. The van der Waals surface area contributed by atoms with E-state index in [1.807, 2.05) is 13.0 Å². The maximum absolute atomic E-state index is 12.6. The van der Waals surface area contributed by atoms with Crippen molar-refractivity contribution in [1.82, 2.24) is 10.5 Å². The zero-order valence-corrected chi connectivity index (χ0v) is 17.3. The highest BCUT2D eigenvalue weighted by Gasteiger charge is 2.13. The van der Waals surface area contributed by atoms with Crippen LogP contribution in [0.5, 0.6) is 0 Å². The molecule has 0 aliphatic carbocycles. The quantitative estimate of drug-likeness (QED) is 0.290. The van der Waals surface area contributed by atoms with Gasteiger partial charge in [0.2, 0.25) is 0 Å². The Hall–Kier alpha value is -3.19. The molecule has 0 aliphatic heterocycles. The van der Waals surface area contributed by atoms with Crippen molar-refractivity contribution in [2.24, 2.45) is 0 Å². The first kappa shape index (κ1) is 21.5. The number of pyridine rings is 1. The van der Waals surface area contributed by atoms with Gasteiger partial charge in [0.15, 0.2) is 0 Å². The zero-order chi connectivity index (χ0) is 21.7. The SMILES string of the molecule is Cc1ccc(C(=O)Nc2ccc(Cl)c(-c3ccc(/C=C/C(=O)NO)cn3)c2)c(Cl)c1. The molecule has 0 saturated heterocycles. The Balaban J connectivity index is 1.82. The molecule has 0 saturated carbocycles. The fraction of sp³-hybridized carbons (Fsp3) is 0.0455. The molecule has 0 unspecified atom stereocenters. The van der Waals surface area contributed by atoms with Crippen molar-refractivity contribution in [2.75, 3.05) is 5.32 Å². The molecule has 1 aromatic heterocycles. The molecule has 3 aromatic rings. The van der Waals surface area contributed by atoms with Crippen LogP contribution in [0, 0.1) is 6.92 Å². The molecule has 3 rings (SSSR count). The van der Waals surface area contributed by atoms with E-state index in [0.717, 1.165) is 5.56 Å². The van der Waals surface area contributed by atoms with E-state index in [9.17, 15) is 9.59 Å². The van der Waals surface area contributed by atoms with Crippen LogP contribution in [0.15, 0.2) is 60.8 Å². The fourth-order valence-electron chi connectivity index (χ4n) is 2.67. The first-order valence-corrected chi connectivity index (χ1v) is 9.58. The number of hydroxylamine groups is 1. The van der Waals surface area contributed by atoms with Crippen molar-refractivity contribution in [3.8, 4) is 11.3 Å². The topological polar surface area (TPSA) is 91.3 Å². The van der Waals surface area contributed by atoms with Gasteiger partial charge in [-0.1, -0.05) is 35.3 Å². The number of anilines is 1. The molecule has 152 valence electrons. The van der Waals surface area contributed by atoms with Crippen LogP contribution < -0.4 is 10.8 Å². The number of carbonyl (C=O) groups excluding carboxylic acids is 2.